The molecule has 8 bridgehead atoms. The molecule has 2 aliphatic heterocycles. The van der Waals surface area contributed by atoms with E-state index in [9.17, 15) is 20.4 Å². The number of hydrogen-bond donors (Lipinski definition) is 6. The number of methoxy groups -OCH3 is 1. The highest BCUT2D eigenvalue weighted by atomic mass is 16.5. The van der Waals surface area contributed by atoms with Crippen LogP contribution in [0.5, 0.6) is 28.7 Å². The van der Waals surface area contributed by atoms with Gasteiger partial charge in [-0.1, -0.05) is 42.5 Å². The number of hydrogen-bond acceptors (Lipinski definition) is 7. The van der Waals surface area contributed by atoms with E-state index in [0.29, 0.717) is 34.1 Å². The largest absolute Gasteiger partial charge is 0.508 e. The Morgan fingerprint density at radius 1 is 0.407 bits per heavy atom. The first kappa shape index (κ1) is 32.4. The molecule has 5 heterocycles. The molecule has 0 aliphatic carbocycles. The van der Waals surface area contributed by atoms with Gasteiger partial charge in [-0.3, -0.25) is 0 Å². The van der Waals surface area contributed by atoms with Crippen molar-refractivity contribution in [1.82, 2.24) is 19.9 Å². The van der Waals surface area contributed by atoms with Gasteiger partial charge in [-0.05, 0) is 119 Å². The number of ether oxygens (including phenoxy) is 1. The Balaban J connectivity index is 1.46. The van der Waals surface area contributed by atoms with Gasteiger partial charge in [-0.2, -0.15) is 0 Å². The maximum Gasteiger partial charge on any atom is 0.160 e. The summed E-state index contributed by atoms with van der Waals surface area (Å²) < 4.78 is 5.37. The monoisotopic (exact) mass is 708 g/mol. The molecule has 0 radical (unpaired) electrons. The van der Waals surface area contributed by atoms with Crippen molar-refractivity contribution in [3.63, 3.8) is 0 Å². The number of rotatable bonds is 5. The van der Waals surface area contributed by atoms with Gasteiger partial charge in [-0.15, -0.1) is 0 Å². The van der Waals surface area contributed by atoms with E-state index < -0.39 is 0 Å². The maximum absolute atomic E-state index is 10.9. The van der Waals surface area contributed by atoms with E-state index in [1.165, 1.54) is 7.11 Å². The number of nitrogens with one attached hydrogen (secondary N) is 2. The Bertz CT molecular complexity index is 2790. The minimum absolute atomic E-state index is 0.00555. The Labute approximate surface area is 309 Å². The summed E-state index contributed by atoms with van der Waals surface area (Å²) >= 11 is 0. The molecular weight excluding hydrogens is 677 g/mol. The number of nitrogens with zero attached hydrogens (tertiary/aromatic N) is 2. The van der Waals surface area contributed by atoms with Gasteiger partial charge in [0.2, 0.25) is 0 Å². The van der Waals surface area contributed by atoms with Crippen molar-refractivity contribution in [2.75, 3.05) is 7.11 Å². The molecule has 262 valence electrons. The number of H-pyrrole nitrogens is 2. The van der Waals surface area contributed by atoms with Crippen LogP contribution in [0.1, 0.15) is 22.8 Å². The Morgan fingerprint density at radius 2 is 0.722 bits per heavy atom. The van der Waals surface area contributed by atoms with Crippen molar-refractivity contribution in [3.8, 4) is 73.3 Å². The molecular formula is C45H32N4O5. The molecule has 6 N–H and O–H groups in total. The van der Waals surface area contributed by atoms with Gasteiger partial charge in [0.25, 0.3) is 0 Å². The minimum atomic E-state index is -0.00555. The van der Waals surface area contributed by atoms with E-state index in [0.717, 1.165) is 61.0 Å². The van der Waals surface area contributed by atoms with Crippen LogP contribution in [0.4, 0.5) is 0 Å². The van der Waals surface area contributed by atoms with Crippen molar-refractivity contribution in [3.05, 3.63) is 138 Å². The second-order valence-corrected chi connectivity index (χ2v) is 13.0. The Morgan fingerprint density at radius 3 is 1.04 bits per heavy atom. The van der Waals surface area contributed by atoms with Gasteiger partial charge >= 0.3 is 0 Å². The first-order valence-electron chi connectivity index (χ1n) is 17.2. The van der Waals surface area contributed by atoms with Crippen LogP contribution in [0.15, 0.2) is 115 Å². The van der Waals surface area contributed by atoms with E-state index >= 15 is 0 Å². The van der Waals surface area contributed by atoms with Crippen LogP contribution >= 0.6 is 0 Å². The molecule has 4 aromatic carbocycles. The number of aromatic hydroxyl groups is 4. The molecule has 0 saturated carbocycles. The fourth-order valence-electron chi connectivity index (χ4n) is 7.15. The molecule has 2 aliphatic rings. The van der Waals surface area contributed by atoms with Crippen LogP contribution in [0, 0.1) is 0 Å². The predicted octanol–water partition coefficient (Wildman–Crippen LogP) is 10.2. The van der Waals surface area contributed by atoms with E-state index in [1.54, 1.807) is 48.5 Å². The molecule has 0 fully saturated rings. The topological polar surface area (TPSA) is 148 Å². The normalized spacial score (nSPS) is 11.9. The molecule has 9 nitrogen and oxygen atoms in total. The fourth-order valence-corrected chi connectivity index (χ4v) is 7.15. The van der Waals surface area contributed by atoms with E-state index in [2.05, 4.69) is 9.97 Å². The molecule has 0 atom stereocenters. The highest BCUT2D eigenvalue weighted by Gasteiger charge is 2.19. The average Bonchev–Trinajstić information content (AvgIpc) is 4.02. The van der Waals surface area contributed by atoms with Crippen LogP contribution < -0.4 is 4.74 Å². The standard InChI is InChI=1S/C45H32N4O5/c1-54-41-23-8-28(24-40(41)53)45-38-21-19-36(48-38)43(26-4-11-30(51)12-5-26)34-17-15-32(46-34)42(25-2-9-29(50)10-3-25)33-16-18-35(47-33)44(37-20-22-39(45)49-37)27-6-13-31(52)14-7-27/h2-24,46,49-53H,1H3. The lowest BCUT2D eigenvalue weighted by Crippen LogP contribution is -1.90. The van der Waals surface area contributed by atoms with Crippen LogP contribution in [0.2, 0.25) is 0 Å². The zero-order valence-corrected chi connectivity index (χ0v) is 28.9. The van der Waals surface area contributed by atoms with Gasteiger partial charge in [0.15, 0.2) is 11.5 Å². The second kappa shape index (κ2) is 12.9. The van der Waals surface area contributed by atoms with Crippen molar-refractivity contribution in [1.29, 1.82) is 0 Å². The average molecular weight is 709 g/mol. The van der Waals surface area contributed by atoms with Crippen LogP contribution in [-0.4, -0.2) is 47.5 Å². The summed E-state index contributed by atoms with van der Waals surface area (Å²) in [7, 11) is 1.51. The van der Waals surface area contributed by atoms with Gasteiger partial charge < -0.3 is 35.1 Å². The first-order valence-corrected chi connectivity index (χ1v) is 17.2. The molecule has 0 amide bonds. The van der Waals surface area contributed by atoms with Crippen LogP contribution in [-0.2, 0) is 0 Å². The molecule has 0 spiro atoms. The zero-order valence-electron chi connectivity index (χ0n) is 28.9. The smallest absolute Gasteiger partial charge is 0.160 e. The number of phenolic OH excluding ortho intramolecular Hbond substituents is 4. The second-order valence-electron chi connectivity index (χ2n) is 13.0. The lowest BCUT2D eigenvalue weighted by molar-refractivity contribution is 0.373. The Hall–Kier alpha value is -7.52. The molecule has 0 unspecified atom stereocenters. The third-order valence-corrected chi connectivity index (χ3v) is 9.69. The van der Waals surface area contributed by atoms with Crippen molar-refractivity contribution in [2.45, 2.75) is 0 Å². The van der Waals surface area contributed by atoms with E-state index in [1.807, 2.05) is 91.0 Å². The van der Waals surface area contributed by atoms with E-state index in [4.69, 9.17) is 14.7 Å². The molecule has 54 heavy (non-hydrogen) atoms. The third kappa shape index (κ3) is 5.70. The van der Waals surface area contributed by atoms with Gasteiger partial charge in [-0.25, -0.2) is 9.97 Å². The van der Waals surface area contributed by atoms with Crippen molar-refractivity contribution >= 4 is 46.4 Å². The quantitative estimate of drug-likeness (QED) is 0.104. The third-order valence-electron chi connectivity index (χ3n) is 9.69. The summed E-state index contributed by atoms with van der Waals surface area (Å²) in [5, 5.41) is 41.5. The molecule has 7 aromatic rings. The van der Waals surface area contributed by atoms with Crippen LogP contribution in [0.3, 0.4) is 0 Å². The summed E-state index contributed by atoms with van der Waals surface area (Å²) in [6.45, 7) is 0. The Kier molecular flexibility index (Phi) is 7.75. The lowest BCUT2D eigenvalue weighted by Gasteiger charge is -2.08. The zero-order chi connectivity index (χ0) is 36.9. The fraction of sp³-hybridized carbons (Fsp3) is 0.0222. The molecule has 3 aromatic heterocycles. The summed E-state index contributed by atoms with van der Waals surface area (Å²) in [5.41, 5.74) is 12.3. The van der Waals surface area contributed by atoms with E-state index in [-0.39, 0.29) is 23.0 Å². The summed E-state index contributed by atoms with van der Waals surface area (Å²) in [6.07, 6.45) is 7.88. The van der Waals surface area contributed by atoms with Gasteiger partial charge in [0.1, 0.15) is 17.2 Å². The SMILES string of the molecule is COc1ccc(-c2c3nc(c(-c4ccc(O)cc4)c4ccc([nH]4)c(-c4ccc(O)cc4)c4nc(c(-c5ccc(O)cc5)c5ccc2[nH]5)C=C4)C=C3)cc1O. The van der Waals surface area contributed by atoms with Gasteiger partial charge in [0.05, 0.1) is 29.9 Å². The molecule has 0 saturated heterocycles. The first-order chi connectivity index (χ1) is 26.3. The number of phenols is 4. The highest BCUT2D eigenvalue weighted by molar-refractivity contribution is 6.00. The number of aromatic nitrogens is 4. The van der Waals surface area contributed by atoms with Gasteiger partial charge in [0, 0.05) is 44.3 Å². The predicted molar refractivity (Wildman–Crippen MR) is 214 cm³/mol. The van der Waals surface area contributed by atoms with Crippen molar-refractivity contribution in [2.24, 2.45) is 0 Å². The lowest BCUT2D eigenvalue weighted by atomic mass is 10.0. The van der Waals surface area contributed by atoms with Crippen molar-refractivity contribution < 1.29 is 25.2 Å². The summed E-state index contributed by atoms with van der Waals surface area (Å²) in [4.78, 5) is 17.8. The minimum Gasteiger partial charge on any atom is -0.508 e. The number of benzene rings is 4. The van der Waals surface area contributed by atoms with Crippen LogP contribution in [0.25, 0.3) is 90.9 Å². The molecule has 9 heteroatoms. The maximum atomic E-state index is 10.9. The number of fused-ring (bicyclic) bond motifs is 8. The highest BCUT2D eigenvalue weighted by Crippen LogP contribution is 2.40. The summed E-state index contributed by atoms with van der Waals surface area (Å²) in [5.74, 6) is 0.805. The molecule has 9 rings (SSSR count). The summed E-state index contributed by atoms with van der Waals surface area (Å²) in [6, 6.07) is 34.4. The number of aromatic amines is 2.